The van der Waals surface area contributed by atoms with Crippen LogP contribution in [0.3, 0.4) is 0 Å². The molecule has 0 aromatic heterocycles. The highest BCUT2D eigenvalue weighted by molar-refractivity contribution is 7.89. The lowest BCUT2D eigenvalue weighted by molar-refractivity contribution is 0.439. The number of nitrogens with zero attached hydrogens (tertiary/aromatic N) is 2. The topological polar surface area (TPSA) is 87.2 Å². The van der Waals surface area contributed by atoms with Gasteiger partial charge in [-0.15, -0.1) is 0 Å². The van der Waals surface area contributed by atoms with E-state index in [4.69, 9.17) is 22.6 Å². The summed E-state index contributed by atoms with van der Waals surface area (Å²) in [5, 5.41) is 9.00. The summed E-state index contributed by atoms with van der Waals surface area (Å²) in [5.74, 6) is -0.380. The third-order valence-electron chi connectivity index (χ3n) is 2.43. The Kier molecular flexibility index (Phi) is 4.57. The number of halogens is 1. The van der Waals surface area contributed by atoms with Gasteiger partial charge in [0.15, 0.2) is 0 Å². The van der Waals surface area contributed by atoms with Crippen molar-refractivity contribution in [3.63, 3.8) is 0 Å². The number of hydrogen-bond acceptors (Lipinski definition) is 4. The molecule has 7 heteroatoms. The minimum atomic E-state index is -3.64. The Hall–Kier alpha value is -1.29. The zero-order chi connectivity index (χ0) is 13.9. The normalized spacial score (nSPS) is 13.3. The first-order chi connectivity index (χ1) is 8.28. The molecule has 0 aliphatic rings. The Morgan fingerprint density at radius 3 is 2.67 bits per heavy atom. The molecule has 1 unspecified atom stereocenters. The first-order valence-corrected chi connectivity index (χ1v) is 7.02. The van der Waals surface area contributed by atoms with E-state index in [-0.39, 0.29) is 23.0 Å². The molecule has 5 nitrogen and oxygen atoms in total. The van der Waals surface area contributed by atoms with E-state index in [1.807, 2.05) is 6.07 Å². The summed E-state index contributed by atoms with van der Waals surface area (Å²) in [7, 11) is -2.22. The lowest BCUT2D eigenvalue weighted by Gasteiger charge is -2.18. The molecule has 0 fully saturated rings. The van der Waals surface area contributed by atoms with Gasteiger partial charge in [0.25, 0.3) is 0 Å². The predicted octanol–water partition coefficient (Wildman–Crippen LogP) is 1.70. The molecule has 1 atom stereocenters. The molecule has 0 heterocycles. The van der Waals surface area contributed by atoms with Crippen LogP contribution < -0.4 is 5.73 Å². The summed E-state index contributed by atoms with van der Waals surface area (Å²) in [4.78, 5) is 0.0667. The Labute approximate surface area is 112 Å². The van der Waals surface area contributed by atoms with Crippen molar-refractivity contribution in [3.8, 4) is 6.07 Å². The van der Waals surface area contributed by atoms with E-state index >= 15 is 0 Å². The second kappa shape index (κ2) is 5.57. The molecule has 98 valence electrons. The number of nitriles is 1. The van der Waals surface area contributed by atoms with Crippen LogP contribution in [-0.2, 0) is 10.0 Å². The van der Waals surface area contributed by atoms with Crippen molar-refractivity contribution in [2.24, 2.45) is 5.92 Å². The molecule has 1 aromatic carbocycles. The average molecular weight is 288 g/mol. The molecule has 18 heavy (non-hydrogen) atoms. The molecule has 0 radical (unpaired) electrons. The quantitative estimate of drug-likeness (QED) is 0.854. The van der Waals surface area contributed by atoms with Crippen molar-refractivity contribution in [1.82, 2.24) is 4.31 Å². The van der Waals surface area contributed by atoms with Crippen molar-refractivity contribution in [2.75, 3.05) is 19.3 Å². The van der Waals surface area contributed by atoms with Crippen LogP contribution in [0.15, 0.2) is 23.1 Å². The molecule has 0 saturated carbocycles. The number of sulfonamides is 1. The first-order valence-electron chi connectivity index (χ1n) is 5.20. The number of benzene rings is 1. The third-order valence-corrected chi connectivity index (χ3v) is 4.59. The first kappa shape index (κ1) is 14.8. The van der Waals surface area contributed by atoms with Crippen molar-refractivity contribution < 1.29 is 8.42 Å². The van der Waals surface area contributed by atoms with Gasteiger partial charge >= 0.3 is 0 Å². The van der Waals surface area contributed by atoms with Gasteiger partial charge in [0.1, 0.15) is 0 Å². The standard InChI is InChI=1S/C11H14ClN3O2S/c1-8(6-13)7-15(2)18(16,17)9-3-4-10(12)11(14)5-9/h3-5,8H,7,14H2,1-2H3. The van der Waals surface area contributed by atoms with Gasteiger partial charge in [0, 0.05) is 13.6 Å². The van der Waals surface area contributed by atoms with Crippen LogP contribution >= 0.6 is 11.6 Å². The van der Waals surface area contributed by atoms with Gasteiger partial charge in [-0.05, 0) is 25.1 Å². The summed E-state index contributed by atoms with van der Waals surface area (Å²) in [6.45, 7) is 1.78. The van der Waals surface area contributed by atoms with Crippen molar-refractivity contribution in [2.45, 2.75) is 11.8 Å². The summed E-state index contributed by atoms with van der Waals surface area (Å²) in [5.41, 5.74) is 5.79. The fourth-order valence-corrected chi connectivity index (χ4v) is 2.80. The van der Waals surface area contributed by atoms with Gasteiger partial charge in [-0.1, -0.05) is 11.6 Å². The van der Waals surface area contributed by atoms with Gasteiger partial charge < -0.3 is 5.73 Å². The molecule has 1 rings (SSSR count). The van der Waals surface area contributed by atoms with Crippen LogP contribution in [0.4, 0.5) is 5.69 Å². The minimum absolute atomic E-state index is 0.0667. The van der Waals surface area contributed by atoms with Crippen LogP contribution in [0, 0.1) is 17.2 Å². The highest BCUT2D eigenvalue weighted by atomic mass is 35.5. The van der Waals surface area contributed by atoms with E-state index < -0.39 is 10.0 Å². The molecule has 0 saturated heterocycles. The molecule has 1 aromatic rings. The van der Waals surface area contributed by atoms with E-state index in [1.165, 1.54) is 25.2 Å². The van der Waals surface area contributed by atoms with Crippen LogP contribution in [0.5, 0.6) is 0 Å². The van der Waals surface area contributed by atoms with Gasteiger partial charge in [-0.25, -0.2) is 8.42 Å². The molecular formula is C11H14ClN3O2S. The van der Waals surface area contributed by atoms with Gasteiger partial charge in [0.2, 0.25) is 10.0 Å². The van der Waals surface area contributed by atoms with Gasteiger partial charge in [-0.2, -0.15) is 9.57 Å². The van der Waals surface area contributed by atoms with E-state index in [0.717, 1.165) is 4.31 Å². The SMILES string of the molecule is CC(C#N)CN(C)S(=O)(=O)c1ccc(Cl)c(N)c1. The summed E-state index contributed by atoms with van der Waals surface area (Å²) >= 11 is 5.74. The van der Waals surface area contributed by atoms with Crippen LogP contribution in [0.2, 0.25) is 5.02 Å². The maximum Gasteiger partial charge on any atom is 0.242 e. The number of hydrogen-bond donors (Lipinski definition) is 1. The van der Waals surface area contributed by atoms with Gasteiger partial charge in [-0.3, -0.25) is 0 Å². The molecule has 0 aliphatic carbocycles. The van der Waals surface area contributed by atoms with Crippen LogP contribution in [0.1, 0.15) is 6.92 Å². The second-order valence-electron chi connectivity index (χ2n) is 4.00. The number of nitrogens with two attached hydrogens (primary N) is 1. The number of rotatable bonds is 4. The summed E-state index contributed by atoms with van der Waals surface area (Å²) in [6.07, 6.45) is 0. The Morgan fingerprint density at radius 1 is 1.56 bits per heavy atom. The zero-order valence-corrected chi connectivity index (χ0v) is 11.7. The highest BCUT2D eigenvalue weighted by Crippen LogP contribution is 2.24. The Bertz CT molecular complexity index is 580. The zero-order valence-electron chi connectivity index (χ0n) is 10.1. The Balaban J connectivity index is 3.06. The molecule has 0 aliphatic heterocycles. The van der Waals surface area contributed by atoms with E-state index in [1.54, 1.807) is 6.92 Å². The highest BCUT2D eigenvalue weighted by Gasteiger charge is 2.22. The fourth-order valence-electron chi connectivity index (χ4n) is 1.39. The molecule has 0 amide bonds. The molecule has 0 spiro atoms. The smallest absolute Gasteiger partial charge is 0.242 e. The maximum atomic E-state index is 12.2. The summed E-state index contributed by atoms with van der Waals surface area (Å²) in [6, 6.07) is 6.12. The molecule has 0 bridgehead atoms. The van der Waals surface area contributed by atoms with Crippen molar-refractivity contribution in [1.29, 1.82) is 5.26 Å². The van der Waals surface area contributed by atoms with E-state index in [0.29, 0.717) is 5.02 Å². The predicted molar refractivity (Wildman–Crippen MR) is 70.5 cm³/mol. The third kappa shape index (κ3) is 3.13. The van der Waals surface area contributed by atoms with E-state index in [2.05, 4.69) is 0 Å². The number of anilines is 1. The average Bonchev–Trinajstić information content (AvgIpc) is 2.32. The van der Waals surface area contributed by atoms with E-state index in [9.17, 15) is 8.42 Å². The second-order valence-corrected chi connectivity index (χ2v) is 6.45. The molecule has 2 N–H and O–H groups in total. The lowest BCUT2D eigenvalue weighted by Crippen LogP contribution is -2.30. The fraction of sp³-hybridized carbons (Fsp3) is 0.364. The van der Waals surface area contributed by atoms with Gasteiger partial charge in [0.05, 0.1) is 27.6 Å². The summed E-state index contributed by atoms with van der Waals surface area (Å²) < 4.78 is 25.5. The molecular weight excluding hydrogens is 274 g/mol. The van der Waals surface area contributed by atoms with Crippen LogP contribution in [0.25, 0.3) is 0 Å². The van der Waals surface area contributed by atoms with Crippen LogP contribution in [-0.4, -0.2) is 26.3 Å². The Morgan fingerprint density at radius 2 is 2.17 bits per heavy atom. The largest absolute Gasteiger partial charge is 0.397 e. The minimum Gasteiger partial charge on any atom is -0.397 e. The van der Waals surface area contributed by atoms with Crippen molar-refractivity contribution >= 4 is 27.3 Å². The maximum absolute atomic E-state index is 12.2. The lowest BCUT2D eigenvalue weighted by atomic mass is 10.2. The van der Waals surface area contributed by atoms with Crippen molar-refractivity contribution in [3.05, 3.63) is 23.2 Å². The number of nitrogen functional groups attached to an aromatic ring is 1. The monoisotopic (exact) mass is 287 g/mol.